The summed E-state index contributed by atoms with van der Waals surface area (Å²) in [5, 5.41) is 0. The Labute approximate surface area is 147 Å². The number of methoxy groups -OCH3 is 1. The molecule has 0 rings (SSSR count). The molecule has 0 spiro atoms. The number of carbonyl (C=O) groups is 1. The normalized spacial score (nSPS) is 11.6. The molecule has 0 saturated carbocycles. The largest absolute Gasteiger partial charge is 0.469 e. The lowest BCUT2D eigenvalue weighted by atomic mass is 10.1. The van der Waals surface area contributed by atoms with Crippen LogP contribution in [0.4, 0.5) is 4.39 Å². The van der Waals surface area contributed by atoms with E-state index in [0.29, 0.717) is 12.8 Å². The third kappa shape index (κ3) is 16.2. The number of hydrogen-bond acceptors (Lipinski definition) is 4. The third-order valence-electron chi connectivity index (χ3n) is 4.15. The molecule has 0 N–H and O–H groups in total. The second-order valence-corrected chi connectivity index (χ2v) is 8.71. The predicted octanol–water partition coefficient (Wildman–Crippen LogP) is 4.62. The van der Waals surface area contributed by atoms with Crippen molar-refractivity contribution in [3.63, 3.8) is 0 Å². The molecule has 0 aromatic heterocycles. The molecule has 24 heavy (non-hydrogen) atoms. The van der Waals surface area contributed by atoms with Crippen molar-refractivity contribution < 1.29 is 22.3 Å². The summed E-state index contributed by atoms with van der Waals surface area (Å²) in [6.45, 7) is -0.250. The van der Waals surface area contributed by atoms with E-state index in [4.69, 9.17) is 0 Å². The van der Waals surface area contributed by atoms with Gasteiger partial charge in [0.1, 0.15) is 9.84 Å². The van der Waals surface area contributed by atoms with Crippen molar-refractivity contribution in [2.45, 2.75) is 83.5 Å². The molecule has 0 saturated heterocycles. The molecule has 4 nitrogen and oxygen atoms in total. The average Bonchev–Trinajstić information content (AvgIpc) is 2.56. The second kappa shape index (κ2) is 15.9. The number of esters is 1. The van der Waals surface area contributed by atoms with E-state index in [1.807, 2.05) is 0 Å². The number of sulfone groups is 1. The van der Waals surface area contributed by atoms with Crippen LogP contribution in [0.3, 0.4) is 0 Å². The van der Waals surface area contributed by atoms with Crippen LogP contribution < -0.4 is 0 Å². The maximum absolute atomic E-state index is 11.9. The lowest BCUT2D eigenvalue weighted by Crippen LogP contribution is -2.11. The SMILES string of the molecule is COC(=O)CCCCCCCCS(=O)(=O)CCCCCCCCF. The molecule has 0 aliphatic heterocycles. The zero-order chi connectivity index (χ0) is 18.1. The van der Waals surface area contributed by atoms with E-state index in [9.17, 15) is 17.6 Å². The van der Waals surface area contributed by atoms with Crippen molar-refractivity contribution in [1.82, 2.24) is 0 Å². The number of hydrogen-bond donors (Lipinski definition) is 0. The first-order valence-electron chi connectivity index (χ1n) is 9.35. The highest BCUT2D eigenvalue weighted by Crippen LogP contribution is 2.11. The van der Waals surface area contributed by atoms with Crippen LogP contribution in [0, 0.1) is 0 Å². The Balaban J connectivity index is 3.43. The maximum Gasteiger partial charge on any atom is 0.305 e. The smallest absolute Gasteiger partial charge is 0.305 e. The third-order valence-corrected chi connectivity index (χ3v) is 5.97. The quantitative estimate of drug-likeness (QED) is 0.278. The van der Waals surface area contributed by atoms with E-state index < -0.39 is 9.84 Å². The minimum Gasteiger partial charge on any atom is -0.469 e. The van der Waals surface area contributed by atoms with Crippen molar-refractivity contribution in [2.75, 3.05) is 25.3 Å². The van der Waals surface area contributed by atoms with Crippen LogP contribution in [0.1, 0.15) is 83.5 Å². The first-order valence-corrected chi connectivity index (χ1v) is 11.2. The summed E-state index contributed by atoms with van der Waals surface area (Å²) >= 11 is 0. The van der Waals surface area contributed by atoms with Crippen LogP contribution >= 0.6 is 0 Å². The summed E-state index contributed by atoms with van der Waals surface area (Å²) in [5.41, 5.74) is 0. The van der Waals surface area contributed by atoms with Gasteiger partial charge in [-0.2, -0.15) is 0 Å². The molecule has 0 heterocycles. The van der Waals surface area contributed by atoms with Gasteiger partial charge in [0, 0.05) is 6.42 Å². The van der Waals surface area contributed by atoms with Crippen LogP contribution in [0.5, 0.6) is 0 Å². The average molecular weight is 367 g/mol. The Morgan fingerprint density at radius 2 is 1.17 bits per heavy atom. The van der Waals surface area contributed by atoms with Gasteiger partial charge in [0.15, 0.2) is 0 Å². The Morgan fingerprint density at radius 3 is 1.62 bits per heavy atom. The molecule has 0 aliphatic carbocycles. The molecule has 0 atom stereocenters. The topological polar surface area (TPSA) is 60.4 Å². The molecule has 0 unspecified atom stereocenters. The highest BCUT2D eigenvalue weighted by atomic mass is 32.2. The number of unbranched alkanes of at least 4 members (excludes halogenated alkanes) is 10. The van der Waals surface area contributed by atoms with Crippen molar-refractivity contribution in [2.24, 2.45) is 0 Å². The number of halogens is 1. The maximum atomic E-state index is 11.9. The number of alkyl halides is 1. The molecular formula is C18H35FO4S. The van der Waals surface area contributed by atoms with E-state index >= 15 is 0 Å². The van der Waals surface area contributed by atoms with Crippen molar-refractivity contribution in [3.8, 4) is 0 Å². The molecular weight excluding hydrogens is 331 g/mol. The Hall–Kier alpha value is -0.650. The van der Waals surface area contributed by atoms with Gasteiger partial charge in [-0.25, -0.2) is 8.42 Å². The molecule has 0 radical (unpaired) electrons. The Bertz CT molecular complexity index is 396. The van der Waals surface area contributed by atoms with E-state index in [1.54, 1.807) is 0 Å². The lowest BCUT2D eigenvalue weighted by molar-refractivity contribution is -0.140. The van der Waals surface area contributed by atoms with Gasteiger partial charge in [-0.1, -0.05) is 51.4 Å². The minimum atomic E-state index is -2.91. The molecule has 0 bridgehead atoms. The standard InChI is InChI=1S/C18H35FO4S/c1-23-18(20)14-10-6-2-4-8-12-16-24(21,22)17-13-9-5-3-7-11-15-19/h2-17H2,1H3. The fourth-order valence-electron chi connectivity index (χ4n) is 2.63. The number of rotatable bonds is 17. The molecule has 0 aliphatic rings. The van der Waals surface area contributed by atoms with Crippen LogP contribution in [0.25, 0.3) is 0 Å². The molecule has 0 aromatic rings. The summed E-state index contributed by atoms with van der Waals surface area (Å²) in [4.78, 5) is 10.9. The van der Waals surface area contributed by atoms with Crippen LogP contribution in [-0.4, -0.2) is 39.7 Å². The second-order valence-electron chi connectivity index (χ2n) is 6.41. The Morgan fingerprint density at radius 1 is 0.750 bits per heavy atom. The minimum absolute atomic E-state index is 0.163. The molecule has 0 fully saturated rings. The van der Waals surface area contributed by atoms with Gasteiger partial charge in [0.2, 0.25) is 0 Å². The summed E-state index contributed by atoms with van der Waals surface area (Å²) in [7, 11) is -1.51. The molecule has 6 heteroatoms. The van der Waals surface area contributed by atoms with E-state index in [0.717, 1.165) is 70.6 Å². The van der Waals surface area contributed by atoms with Crippen molar-refractivity contribution in [3.05, 3.63) is 0 Å². The van der Waals surface area contributed by atoms with Gasteiger partial charge in [-0.15, -0.1) is 0 Å². The monoisotopic (exact) mass is 366 g/mol. The first-order chi connectivity index (χ1) is 11.5. The van der Waals surface area contributed by atoms with Crippen molar-refractivity contribution >= 4 is 15.8 Å². The summed E-state index contributed by atoms with van der Waals surface area (Å²) in [6.07, 6.45) is 11.2. The summed E-state index contributed by atoms with van der Waals surface area (Å²) < 4.78 is 40.3. The summed E-state index contributed by atoms with van der Waals surface area (Å²) in [5.74, 6) is 0.412. The van der Waals surface area contributed by atoms with Crippen LogP contribution in [0.2, 0.25) is 0 Å². The van der Waals surface area contributed by atoms with Crippen LogP contribution in [0.15, 0.2) is 0 Å². The number of ether oxygens (including phenoxy) is 1. The predicted molar refractivity (Wildman–Crippen MR) is 96.7 cm³/mol. The highest BCUT2D eigenvalue weighted by Gasteiger charge is 2.09. The van der Waals surface area contributed by atoms with Gasteiger partial charge >= 0.3 is 5.97 Å². The fourth-order valence-corrected chi connectivity index (χ4v) is 4.12. The zero-order valence-electron chi connectivity index (χ0n) is 15.2. The van der Waals surface area contributed by atoms with Crippen LogP contribution in [-0.2, 0) is 19.4 Å². The van der Waals surface area contributed by atoms with E-state index in [-0.39, 0.29) is 24.1 Å². The van der Waals surface area contributed by atoms with Gasteiger partial charge < -0.3 is 4.74 Å². The number of carbonyl (C=O) groups excluding carboxylic acids is 1. The van der Waals surface area contributed by atoms with Crippen molar-refractivity contribution in [1.29, 1.82) is 0 Å². The van der Waals surface area contributed by atoms with Gasteiger partial charge in [-0.3, -0.25) is 9.18 Å². The van der Waals surface area contributed by atoms with Gasteiger partial charge in [0.25, 0.3) is 0 Å². The molecule has 144 valence electrons. The van der Waals surface area contributed by atoms with E-state index in [1.165, 1.54) is 7.11 Å². The lowest BCUT2D eigenvalue weighted by Gasteiger charge is -2.05. The molecule has 0 amide bonds. The highest BCUT2D eigenvalue weighted by molar-refractivity contribution is 7.91. The zero-order valence-corrected chi connectivity index (χ0v) is 16.0. The molecule has 0 aromatic carbocycles. The van der Waals surface area contributed by atoms with Gasteiger partial charge in [0.05, 0.1) is 25.3 Å². The summed E-state index contributed by atoms with van der Waals surface area (Å²) in [6, 6.07) is 0. The fraction of sp³-hybridized carbons (Fsp3) is 0.944. The Kier molecular flexibility index (Phi) is 15.4. The first kappa shape index (κ1) is 23.4. The van der Waals surface area contributed by atoms with E-state index in [2.05, 4.69) is 4.74 Å². The van der Waals surface area contributed by atoms with Gasteiger partial charge in [-0.05, 0) is 25.7 Å².